The van der Waals surface area contributed by atoms with Crippen molar-refractivity contribution in [1.29, 1.82) is 0 Å². The average molecular weight is 338 g/mol. The molecular formula is C21H26N2O2. The van der Waals surface area contributed by atoms with Gasteiger partial charge < -0.3 is 10.0 Å². The summed E-state index contributed by atoms with van der Waals surface area (Å²) in [6.45, 7) is 9.46. The van der Waals surface area contributed by atoms with E-state index in [4.69, 9.17) is 0 Å². The van der Waals surface area contributed by atoms with Crippen LogP contribution in [0.1, 0.15) is 28.3 Å². The van der Waals surface area contributed by atoms with Crippen molar-refractivity contribution in [1.82, 2.24) is 4.90 Å². The van der Waals surface area contributed by atoms with E-state index >= 15 is 0 Å². The van der Waals surface area contributed by atoms with Gasteiger partial charge in [-0.05, 0) is 49.6 Å². The SMILES string of the molecule is Cc1ccc(C(C(=O)O)N2CCN(c3ccc(C)c(C)c3)CC2)cc1. The van der Waals surface area contributed by atoms with Crippen LogP contribution in [0.3, 0.4) is 0 Å². The van der Waals surface area contributed by atoms with E-state index in [1.54, 1.807) is 0 Å². The number of anilines is 1. The molecule has 25 heavy (non-hydrogen) atoms. The van der Waals surface area contributed by atoms with Gasteiger partial charge >= 0.3 is 5.97 Å². The molecule has 132 valence electrons. The number of aliphatic carboxylic acids is 1. The van der Waals surface area contributed by atoms with Crippen molar-refractivity contribution in [2.45, 2.75) is 26.8 Å². The minimum Gasteiger partial charge on any atom is -0.480 e. The van der Waals surface area contributed by atoms with E-state index in [1.165, 1.54) is 16.8 Å². The molecule has 0 aliphatic carbocycles. The number of aryl methyl sites for hydroxylation is 3. The third-order valence-corrected chi connectivity index (χ3v) is 5.16. The summed E-state index contributed by atoms with van der Waals surface area (Å²) in [6.07, 6.45) is 0. The summed E-state index contributed by atoms with van der Waals surface area (Å²) >= 11 is 0. The number of carboxylic acid groups (broad SMARTS) is 1. The van der Waals surface area contributed by atoms with Crippen molar-refractivity contribution in [3.63, 3.8) is 0 Å². The van der Waals surface area contributed by atoms with Crippen LogP contribution in [0.2, 0.25) is 0 Å². The first kappa shape index (κ1) is 17.5. The summed E-state index contributed by atoms with van der Waals surface area (Å²) in [5.41, 5.74) is 5.82. The lowest BCUT2D eigenvalue weighted by Crippen LogP contribution is -2.49. The Labute approximate surface area is 149 Å². The fourth-order valence-electron chi connectivity index (χ4n) is 3.42. The number of nitrogens with zero attached hydrogens (tertiary/aromatic N) is 2. The zero-order chi connectivity index (χ0) is 18.0. The maximum atomic E-state index is 11.9. The third kappa shape index (κ3) is 3.85. The van der Waals surface area contributed by atoms with E-state index in [9.17, 15) is 9.90 Å². The van der Waals surface area contributed by atoms with Gasteiger partial charge in [-0.1, -0.05) is 35.9 Å². The molecule has 3 rings (SSSR count). The molecule has 1 atom stereocenters. The molecule has 0 radical (unpaired) electrons. The molecule has 0 spiro atoms. The highest BCUT2D eigenvalue weighted by atomic mass is 16.4. The highest BCUT2D eigenvalue weighted by Gasteiger charge is 2.30. The maximum absolute atomic E-state index is 11.9. The Hall–Kier alpha value is -2.33. The van der Waals surface area contributed by atoms with E-state index in [2.05, 4.69) is 41.8 Å². The Bertz CT molecular complexity index is 747. The number of hydrogen-bond donors (Lipinski definition) is 1. The van der Waals surface area contributed by atoms with Gasteiger partial charge in [0.2, 0.25) is 0 Å². The lowest BCUT2D eigenvalue weighted by Gasteiger charge is -2.39. The van der Waals surface area contributed by atoms with Gasteiger partial charge in [-0.15, -0.1) is 0 Å². The molecule has 2 aromatic carbocycles. The third-order valence-electron chi connectivity index (χ3n) is 5.16. The number of piperazine rings is 1. The van der Waals surface area contributed by atoms with E-state index in [-0.39, 0.29) is 0 Å². The Morgan fingerprint density at radius 1 is 0.920 bits per heavy atom. The van der Waals surface area contributed by atoms with Crippen LogP contribution in [-0.4, -0.2) is 42.2 Å². The molecule has 1 aliphatic rings. The maximum Gasteiger partial charge on any atom is 0.325 e. The monoisotopic (exact) mass is 338 g/mol. The normalized spacial score (nSPS) is 16.7. The van der Waals surface area contributed by atoms with Gasteiger partial charge in [0.25, 0.3) is 0 Å². The van der Waals surface area contributed by atoms with Crippen LogP contribution in [0.15, 0.2) is 42.5 Å². The predicted molar refractivity (Wildman–Crippen MR) is 101 cm³/mol. The Morgan fingerprint density at radius 2 is 1.56 bits per heavy atom. The van der Waals surface area contributed by atoms with Gasteiger partial charge in [0.15, 0.2) is 0 Å². The van der Waals surface area contributed by atoms with Crippen LogP contribution in [-0.2, 0) is 4.79 Å². The second kappa shape index (κ2) is 7.28. The van der Waals surface area contributed by atoms with Crippen molar-refractivity contribution >= 4 is 11.7 Å². The summed E-state index contributed by atoms with van der Waals surface area (Å²) in [4.78, 5) is 16.3. The molecule has 4 nitrogen and oxygen atoms in total. The molecule has 0 amide bonds. The summed E-state index contributed by atoms with van der Waals surface area (Å²) in [6, 6.07) is 13.8. The molecule has 1 N–H and O–H groups in total. The molecule has 1 heterocycles. The minimum atomic E-state index is -0.775. The Morgan fingerprint density at radius 3 is 2.12 bits per heavy atom. The Kier molecular flexibility index (Phi) is 5.09. The van der Waals surface area contributed by atoms with Gasteiger partial charge in [-0.3, -0.25) is 9.69 Å². The molecule has 1 fully saturated rings. The zero-order valence-corrected chi connectivity index (χ0v) is 15.2. The smallest absolute Gasteiger partial charge is 0.325 e. The number of rotatable bonds is 4. The lowest BCUT2D eigenvalue weighted by molar-refractivity contribution is -0.143. The second-order valence-corrected chi connectivity index (χ2v) is 6.94. The molecule has 0 aromatic heterocycles. The van der Waals surface area contributed by atoms with Gasteiger partial charge in [-0.2, -0.15) is 0 Å². The Balaban J connectivity index is 1.72. The largest absolute Gasteiger partial charge is 0.480 e. The van der Waals surface area contributed by atoms with Gasteiger partial charge in [0.05, 0.1) is 0 Å². The number of carbonyl (C=O) groups is 1. The first-order chi connectivity index (χ1) is 12.0. The molecule has 1 saturated heterocycles. The van der Waals surface area contributed by atoms with E-state index < -0.39 is 12.0 Å². The first-order valence-electron chi connectivity index (χ1n) is 8.81. The predicted octanol–water partition coefficient (Wildman–Crippen LogP) is 3.56. The van der Waals surface area contributed by atoms with Crippen molar-refractivity contribution in [3.8, 4) is 0 Å². The van der Waals surface area contributed by atoms with Crippen molar-refractivity contribution in [3.05, 3.63) is 64.7 Å². The zero-order valence-electron chi connectivity index (χ0n) is 15.2. The van der Waals surface area contributed by atoms with Crippen LogP contribution in [0.4, 0.5) is 5.69 Å². The van der Waals surface area contributed by atoms with E-state index in [0.29, 0.717) is 0 Å². The molecule has 0 saturated carbocycles. The molecule has 0 bridgehead atoms. The molecule has 1 unspecified atom stereocenters. The van der Waals surface area contributed by atoms with Crippen molar-refractivity contribution < 1.29 is 9.90 Å². The van der Waals surface area contributed by atoms with Crippen LogP contribution in [0, 0.1) is 20.8 Å². The van der Waals surface area contributed by atoms with Crippen LogP contribution < -0.4 is 4.90 Å². The number of benzene rings is 2. The average Bonchev–Trinajstić information content (AvgIpc) is 2.60. The summed E-state index contributed by atoms with van der Waals surface area (Å²) in [5.74, 6) is -0.775. The van der Waals surface area contributed by atoms with Crippen LogP contribution in [0.25, 0.3) is 0 Å². The number of hydrogen-bond acceptors (Lipinski definition) is 3. The topological polar surface area (TPSA) is 43.8 Å². The fraction of sp³-hybridized carbons (Fsp3) is 0.381. The lowest BCUT2D eigenvalue weighted by atomic mass is 10.0. The molecule has 1 aliphatic heterocycles. The quantitative estimate of drug-likeness (QED) is 0.926. The summed E-state index contributed by atoms with van der Waals surface area (Å²) in [7, 11) is 0. The number of carboxylic acids is 1. The van der Waals surface area contributed by atoms with Gasteiger partial charge in [0.1, 0.15) is 6.04 Å². The van der Waals surface area contributed by atoms with Gasteiger partial charge in [-0.25, -0.2) is 0 Å². The molecular weight excluding hydrogens is 312 g/mol. The van der Waals surface area contributed by atoms with Crippen LogP contribution in [0.5, 0.6) is 0 Å². The molecule has 4 heteroatoms. The van der Waals surface area contributed by atoms with E-state index in [1.807, 2.05) is 31.2 Å². The second-order valence-electron chi connectivity index (χ2n) is 6.94. The highest BCUT2D eigenvalue weighted by molar-refractivity contribution is 5.75. The minimum absolute atomic E-state index is 0.567. The van der Waals surface area contributed by atoms with E-state index in [0.717, 1.165) is 37.3 Å². The first-order valence-corrected chi connectivity index (χ1v) is 8.81. The van der Waals surface area contributed by atoms with Gasteiger partial charge in [0, 0.05) is 31.9 Å². The van der Waals surface area contributed by atoms with Crippen molar-refractivity contribution in [2.75, 3.05) is 31.1 Å². The summed E-state index contributed by atoms with van der Waals surface area (Å²) in [5, 5.41) is 9.74. The molecule has 2 aromatic rings. The fourth-order valence-corrected chi connectivity index (χ4v) is 3.42. The van der Waals surface area contributed by atoms with Crippen molar-refractivity contribution in [2.24, 2.45) is 0 Å². The standard InChI is InChI=1S/C21H26N2O2/c1-15-4-7-18(8-5-15)20(21(24)25)23-12-10-22(11-13-23)19-9-6-16(2)17(3)14-19/h4-9,14,20H,10-13H2,1-3H3,(H,24,25). The summed E-state index contributed by atoms with van der Waals surface area (Å²) < 4.78 is 0. The van der Waals surface area contributed by atoms with Crippen LogP contribution >= 0.6 is 0 Å². The highest BCUT2D eigenvalue weighted by Crippen LogP contribution is 2.26.